The number of carbonyl (C=O) groups excluding carboxylic acids is 1. The van der Waals surface area contributed by atoms with Crippen molar-refractivity contribution in [1.29, 1.82) is 0 Å². The monoisotopic (exact) mass is 364 g/mol. The van der Waals surface area contributed by atoms with E-state index in [1.807, 2.05) is 48.5 Å². The van der Waals surface area contributed by atoms with Crippen LogP contribution in [0, 0.1) is 0 Å². The molecule has 0 saturated heterocycles. The van der Waals surface area contributed by atoms with E-state index in [0.29, 0.717) is 25.2 Å². The Kier molecular flexibility index (Phi) is 6.33. The minimum absolute atomic E-state index is 0.193. The van der Waals surface area contributed by atoms with Gasteiger partial charge in [0.15, 0.2) is 5.69 Å². The van der Waals surface area contributed by atoms with Gasteiger partial charge in [-0.05, 0) is 24.0 Å². The van der Waals surface area contributed by atoms with Crippen LogP contribution in [0.3, 0.4) is 0 Å². The summed E-state index contributed by atoms with van der Waals surface area (Å²) in [5.41, 5.74) is 2.39. The largest absolute Gasteiger partial charge is 0.388 e. The molecule has 0 fully saturated rings. The molecule has 3 aromatic rings. The Morgan fingerprint density at radius 3 is 2.48 bits per heavy atom. The molecule has 0 spiro atoms. The number of aliphatic hydroxyl groups is 1. The van der Waals surface area contributed by atoms with E-state index >= 15 is 0 Å². The lowest BCUT2D eigenvalue weighted by atomic mass is 10.1. The Morgan fingerprint density at radius 2 is 1.78 bits per heavy atom. The summed E-state index contributed by atoms with van der Waals surface area (Å²) in [7, 11) is 1.71. The summed E-state index contributed by atoms with van der Waals surface area (Å²) in [6, 6.07) is 19.6. The number of aliphatic hydroxyl groups excluding tert-OH is 1. The number of rotatable bonds is 8. The van der Waals surface area contributed by atoms with Crippen LogP contribution in [0.4, 0.5) is 0 Å². The molecule has 140 valence electrons. The maximum atomic E-state index is 12.5. The normalized spacial score (nSPS) is 11.9. The van der Waals surface area contributed by atoms with Crippen LogP contribution in [0.1, 0.15) is 34.1 Å². The first-order valence-corrected chi connectivity index (χ1v) is 9.06. The second-order valence-electron chi connectivity index (χ2n) is 6.54. The zero-order valence-corrected chi connectivity index (χ0v) is 15.4. The maximum absolute atomic E-state index is 12.5. The molecule has 1 N–H and O–H groups in total. The van der Waals surface area contributed by atoms with Crippen LogP contribution < -0.4 is 0 Å². The van der Waals surface area contributed by atoms with Crippen LogP contribution in [0.5, 0.6) is 0 Å². The molecule has 6 heteroatoms. The summed E-state index contributed by atoms with van der Waals surface area (Å²) in [5, 5.41) is 18.3. The topological polar surface area (TPSA) is 71.2 Å². The number of nitrogens with zero attached hydrogens (tertiary/aromatic N) is 4. The van der Waals surface area contributed by atoms with Gasteiger partial charge in [0.1, 0.15) is 0 Å². The quantitative estimate of drug-likeness (QED) is 0.667. The van der Waals surface area contributed by atoms with E-state index in [9.17, 15) is 9.90 Å². The number of aromatic nitrogens is 3. The minimum atomic E-state index is -0.594. The molecule has 1 atom stereocenters. The van der Waals surface area contributed by atoms with Gasteiger partial charge in [-0.3, -0.25) is 9.48 Å². The van der Waals surface area contributed by atoms with Crippen molar-refractivity contribution in [2.75, 3.05) is 13.6 Å². The summed E-state index contributed by atoms with van der Waals surface area (Å²) in [6.45, 7) is 1.10. The van der Waals surface area contributed by atoms with Gasteiger partial charge in [-0.1, -0.05) is 65.9 Å². The Balaban J connectivity index is 1.50. The Morgan fingerprint density at radius 1 is 1.11 bits per heavy atom. The lowest BCUT2D eigenvalue weighted by molar-refractivity contribution is 0.0755. The van der Waals surface area contributed by atoms with E-state index in [4.69, 9.17) is 0 Å². The fourth-order valence-corrected chi connectivity index (χ4v) is 2.85. The first-order chi connectivity index (χ1) is 13.1. The van der Waals surface area contributed by atoms with Gasteiger partial charge in [-0.2, -0.15) is 0 Å². The third-order valence-corrected chi connectivity index (χ3v) is 4.50. The fraction of sp³-hybridized carbons (Fsp3) is 0.286. The van der Waals surface area contributed by atoms with Crippen LogP contribution >= 0.6 is 0 Å². The van der Waals surface area contributed by atoms with Crippen molar-refractivity contribution in [3.05, 3.63) is 83.7 Å². The molecule has 3 rings (SSSR count). The highest BCUT2D eigenvalue weighted by Crippen LogP contribution is 2.16. The molecule has 2 aromatic carbocycles. The molecule has 0 aliphatic carbocycles. The van der Waals surface area contributed by atoms with Gasteiger partial charge in [0, 0.05) is 20.1 Å². The molecule has 0 radical (unpaired) electrons. The molecule has 1 aromatic heterocycles. The number of hydrogen-bond acceptors (Lipinski definition) is 4. The third kappa shape index (κ3) is 5.24. The van der Waals surface area contributed by atoms with E-state index in [1.54, 1.807) is 22.8 Å². The van der Waals surface area contributed by atoms with Crippen molar-refractivity contribution >= 4 is 5.91 Å². The summed E-state index contributed by atoms with van der Waals surface area (Å²) in [6.07, 6.45) is 2.38. The highest BCUT2D eigenvalue weighted by Gasteiger charge is 2.17. The Bertz CT molecular complexity index is 849. The smallest absolute Gasteiger partial charge is 0.275 e. The maximum Gasteiger partial charge on any atom is 0.275 e. The van der Waals surface area contributed by atoms with E-state index in [1.165, 1.54) is 5.56 Å². The number of amides is 1. The zero-order valence-electron chi connectivity index (χ0n) is 15.4. The van der Waals surface area contributed by atoms with Gasteiger partial charge in [0.05, 0.1) is 12.3 Å². The van der Waals surface area contributed by atoms with Crippen LogP contribution in [-0.2, 0) is 13.0 Å². The van der Waals surface area contributed by atoms with Gasteiger partial charge in [0.25, 0.3) is 5.91 Å². The first-order valence-electron chi connectivity index (χ1n) is 9.06. The second-order valence-corrected chi connectivity index (χ2v) is 6.54. The van der Waals surface area contributed by atoms with E-state index in [-0.39, 0.29) is 5.91 Å². The Labute approximate surface area is 159 Å². The van der Waals surface area contributed by atoms with Crippen LogP contribution in [-0.4, -0.2) is 44.5 Å². The molecule has 1 heterocycles. The number of carbonyl (C=O) groups is 1. The van der Waals surface area contributed by atoms with Gasteiger partial charge in [-0.15, -0.1) is 5.10 Å². The lowest BCUT2D eigenvalue weighted by Gasteiger charge is -2.18. The highest BCUT2D eigenvalue weighted by atomic mass is 16.3. The van der Waals surface area contributed by atoms with Crippen LogP contribution in [0.2, 0.25) is 0 Å². The fourth-order valence-electron chi connectivity index (χ4n) is 2.85. The number of aryl methyl sites for hydroxylation is 2. The summed E-state index contributed by atoms with van der Waals surface area (Å²) in [5.74, 6) is -0.193. The average Bonchev–Trinajstić information content (AvgIpc) is 3.20. The van der Waals surface area contributed by atoms with Crippen molar-refractivity contribution in [1.82, 2.24) is 19.9 Å². The number of hydrogen-bond donors (Lipinski definition) is 1. The third-order valence-electron chi connectivity index (χ3n) is 4.50. The molecule has 0 unspecified atom stereocenters. The van der Waals surface area contributed by atoms with Gasteiger partial charge >= 0.3 is 0 Å². The van der Waals surface area contributed by atoms with Gasteiger partial charge in [0.2, 0.25) is 0 Å². The molecular formula is C21H24N4O2. The van der Waals surface area contributed by atoms with Crippen molar-refractivity contribution < 1.29 is 9.90 Å². The summed E-state index contributed by atoms with van der Waals surface area (Å²) < 4.78 is 1.69. The Hall–Kier alpha value is -2.99. The molecule has 0 saturated carbocycles. The molecular weight excluding hydrogens is 340 g/mol. The summed E-state index contributed by atoms with van der Waals surface area (Å²) in [4.78, 5) is 14.1. The van der Waals surface area contributed by atoms with E-state index < -0.39 is 6.10 Å². The van der Waals surface area contributed by atoms with Crippen molar-refractivity contribution in [3.8, 4) is 0 Å². The minimum Gasteiger partial charge on any atom is -0.388 e. The van der Waals surface area contributed by atoms with Crippen molar-refractivity contribution in [3.63, 3.8) is 0 Å². The standard InChI is InChI=1S/C21H24N4O2/c1-24(14-13-20(26)18-10-6-3-7-11-18)21(27)19-16-25(23-22-19)15-12-17-8-4-2-5-9-17/h2-11,16,20,26H,12-15H2,1H3/t20-/m0/s1. The van der Waals surface area contributed by atoms with E-state index in [2.05, 4.69) is 22.4 Å². The van der Waals surface area contributed by atoms with Crippen LogP contribution in [0.15, 0.2) is 66.9 Å². The molecule has 6 nitrogen and oxygen atoms in total. The summed E-state index contributed by atoms with van der Waals surface area (Å²) >= 11 is 0. The predicted molar refractivity (Wildman–Crippen MR) is 103 cm³/mol. The first kappa shape index (κ1) is 18.8. The second kappa shape index (κ2) is 9.09. The van der Waals surface area contributed by atoms with Crippen LogP contribution in [0.25, 0.3) is 0 Å². The lowest BCUT2D eigenvalue weighted by Crippen LogP contribution is -2.29. The van der Waals surface area contributed by atoms with Crippen molar-refractivity contribution in [2.45, 2.75) is 25.5 Å². The van der Waals surface area contributed by atoms with Gasteiger partial charge < -0.3 is 10.0 Å². The SMILES string of the molecule is CN(CC[C@H](O)c1ccccc1)C(=O)c1cn(CCc2ccccc2)nn1. The van der Waals surface area contributed by atoms with Crippen molar-refractivity contribution in [2.24, 2.45) is 0 Å². The zero-order chi connectivity index (χ0) is 19.1. The molecule has 0 aliphatic heterocycles. The highest BCUT2D eigenvalue weighted by molar-refractivity contribution is 5.91. The van der Waals surface area contributed by atoms with Gasteiger partial charge in [-0.25, -0.2) is 0 Å². The number of benzene rings is 2. The molecule has 0 bridgehead atoms. The predicted octanol–water partition coefficient (Wildman–Crippen LogP) is 2.72. The molecule has 27 heavy (non-hydrogen) atoms. The molecule has 1 amide bonds. The molecule has 0 aliphatic rings. The average molecular weight is 364 g/mol. The van der Waals surface area contributed by atoms with E-state index in [0.717, 1.165) is 12.0 Å².